The molecule has 0 aliphatic carbocycles. The van der Waals surface area contributed by atoms with Gasteiger partial charge in [0.25, 0.3) is 5.91 Å². The molecular weight excluding hydrogens is 809 g/mol. The number of halogens is 4. The molecule has 0 saturated heterocycles. The fourth-order valence-corrected chi connectivity index (χ4v) is 7.34. The van der Waals surface area contributed by atoms with Crippen LogP contribution >= 0.6 is 11.6 Å². The first kappa shape index (κ1) is 44.3. The zero-order valence-electron chi connectivity index (χ0n) is 34.0. The Morgan fingerprint density at radius 1 is 0.869 bits per heavy atom. The van der Waals surface area contributed by atoms with Gasteiger partial charge in [-0.1, -0.05) is 86.1 Å². The van der Waals surface area contributed by atoms with E-state index >= 15 is 0 Å². The molecule has 6 rings (SSSR count). The van der Waals surface area contributed by atoms with Gasteiger partial charge in [-0.15, -0.1) is 0 Å². The van der Waals surface area contributed by atoms with Gasteiger partial charge in [-0.25, -0.2) is 4.68 Å². The third-order valence-electron chi connectivity index (χ3n) is 10.5. The molecule has 0 aliphatic heterocycles. The third kappa shape index (κ3) is 11.1. The zero-order valence-corrected chi connectivity index (χ0v) is 34.7. The number of H-pyrrole nitrogens is 1. The molecule has 0 atom stereocenters. The molecule has 15 heteroatoms. The Bertz CT molecular complexity index is 2500. The topological polar surface area (TPSA) is 130 Å². The summed E-state index contributed by atoms with van der Waals surface area (Å²) in [6.07, 6.45) is -0.353. The van der Waals surface area contributed by atoms with Crippen molar-refractivity contribution in [3.63, 3.8) is 0 Å². The summed E-state index contributed by atoms with van der Waals surface area (Å²) in [5.74, 6) is -1.43. The lowest BCUT2D eigenvalue weighted by atomic mass is 10.0. The van der Waals surface area contributed by atoms with Gasteiger partial charge >= 0.3 is 12.1 Å². The van der Waals surface area contributed by atoms with Gasteiger partial charge < -0.3 is 19.9 Å². The molecule has 4 aromatic carbocycles. The van der Waals surface area contributed by atoms with Gasteiger partial charge in [-0.05, 0) is 60.4 Å². The molecule has 0 unspecified atom stereocenters. The van der Waals surface area contributed by atoms with Gasteiger partial charge in [-0.2, -0.15) is 18.3 Å². The summed E-state index contributed by atoms with van der Waals surface area (Å²) in [5.41, 5.74) is 1.94. The molecule has 0 bridgehead atoms. The van der Waals surface area contributed by atoms with E-state index in [1.807, 2.05) is 36.4 Å². The lowest BCUT2D eigenvalue weighted by Gasteiger charge is -2.32. The van der Waals surface area contributed by atoms with Gasteiger partial charge in [-0.3, -0.25) is 24.1 Å². The summed E-state index contributed by atoms with van der Waals surface area (Å²) in [6.45, 7) is 5.85. The molecule has 2 heterocycles. The largest absolute Gasteiger partial charge is 0.461 e. The molecule has 61 heavy (non-hydrogen) atoms. The van der Waals surface area contributed by atoms with Crippen molar-refractivity contribution in [2.45, 2.75) is 64.9 Å². The van der Waals surface area contributed by atoms with Gasteiger partial charge in [0.15, 0.2) is 0 Å². The van der Waals surface area contributed by atoms with E-state index in [0.29, 0.717) is 36.1 Å². The fourth-order valence-electron chi connectivity index (χ4n) is 7.11. The quantitative estimate of drug-likeness (QED) is 0.0651. The Labute approximate surface area is 356 Å². The normalized spacial score (nSPS) is 11.6. The molecule has 2 aromatic heterocycles. The number of para-hydroxylation sites is 1. The van der Waals surface area contributed by atoms with E-state index in [2.05, 4.69) is 34.1 Å². The molecule has 0 saturated carbocycles. The Balaban J connectivity index is 1.13. The molecular formula is C46H46ClF3N6O5. The number of hydrogen-bond acceptors (Lipinski definition) is 7. The summed E-state index contributed by atoms with van der Waals surface area (Å²) in [6, 6.07) is 27.1. The number of aromatic amines is 1. The average Bonchev–Trinajstić information content (AvgIpc) is 3.90. The summed E-state index contributed by atoms with van der Waals surface area (Å²) in [7, 11) is 1.72. The molecule has 318 valence electrons. The minimum absolute atomic E-state index is 0.0145. The van der Waals surface area contributed by atoms with Crippen molar-refractivity contribution in [3.05, 3.63) is 148 Å². The number of esters is 1. The SMILES string of the molecule is CCC(CC)N(CCN(C)C(=O)CCC(=O)OCc1ccccc1)Cc1cccc(C(=O)Nc2[nH]c3ccccc3c2C(=O)c2cnn(-c3ccc(Cl)c(C(F)(F)F)c3)c2)c1. The number of rotatable bonds is 18. The first-order valence-corrected chi connectivity index (χ1v) is 20.3. The number of likely N-dealkylation sites (N-methyl/N-ethyl adjacent to an activating group) is 1. The lowest BCUT2D eigenvalue weighted by Crippen LogP contribution is -2.41. The van der Waals surface area contributed by atoms with Crippen molar-refractivity contribution < 1.29 is 37.1 Å². The highest BCUT2D eigenvalue weighted by Gasteiger charge is 2.34. The van der Waals surface area contributed by atoms with Crippen LogP contribution in [0.3, 0.4) is 0 Å². The average molecular weight is 855 g/mol. The maximum Gasteiger partial charge on any atom is 0.417 e. The van der Waals surface area contributed by atoms with E-state index in [1.165, 1.54) is 18.5 Å². The van der Waals surface area contributed by atoms with Gasteiger partial charge in [0.05, 0.1) is 40.0 Å². The van der Waals surface area contributed by atoms with Crippen molar-refractivity contribution in [3.8, 4) is 5.69 Å². The van der Waals surface area contributed by atoms with E-state index in [4.69, 9.17) is 16.3 Å². The highest BCUT2D eigenvalue weighted by atomic mass is 35.5. The number of ether oxygens (including phenoxy) is 1. The van der Waals surface area contributed by atoms with Crippen molar-refractivity contribution in [1.82, 2.24) is 24.6 Å². The number of benzene rings is 4. The maximum atomic E-state index is 14.1. The predicted molar refractivity (Wildman–Crippen MR) is 228 cm³/mol. The molecule has 11 nitrogen and oxygen atoms in total. The van der Waals surface area contributed by atoms with Crippen LogP contribution in [0, 0.1) is 0 Å². The van der Waals surface area contributed by atoms with Crippen LogP contribution in [0.2, 0.25) is 5.02 Å². The number of fused-ring (bicyclic) bond motifs is 1. The van der Waals surface area contributed by atoms with Gasteiger partial charge in [0, 0.05) is 61.8 Å². The Morgan fingerprint density at radius 2 is 1.59 bits per heavy atom. The molecule has 2 amide bonds. The molecule has 2 N–H and O–H groups in total. The summed E-state index contributed by atoms with van der Waals surface area (Å²) in [4.78, 5) is 60.3. The number of nitrogens with zero attached hydrogens (tertiary/aromatic N) is 4. The second-order valence-corrected chi connectivity index (χ2v) is 15.0. The Morgan fingerprint density at radius 3 is 2.33 bits per heavy atom. The predicted octanol–water partition coefficient (Wildman–Crippen LogP) is 9.48. The molecule has 0 spiro atoms. The van der Waals surface area contributed by atoms with Crippen LogP contribution in [-0.4, -0.2) is 74.3 Å². The lowest BCUT2D eigenvalue weighted by molar-refractivity contribution is -0.147. The molecule has 0 aliphatic rings. The number of nitrogens with one attached hydrogen (secondary N) is 2. The van der Waals surface area contributed by atoms with E-state index in [-0.39, 0.29) is 54.0 Å². The molecule has 6 aromatic rings. The smallest absolute Gasteiger partial charge is 0.417 e. The van der Waals surface area contributed by atoms with E-state index in [1.54, 1.807) is 54.4 Å². The number of aromatic nitrogens is 3. The summed E-state index contributed by atoms with van der Waals surface area (Å²) < 4.78 is 47.2. The first-order valence-electron chi connectivity index (χ1n) is 19.9. The number of alkyl halides is 3. The van der Waals surface area contributed by atoms with Crippen molar-refractivity contribution in [2.75, 3.05) is 25.5 Å². The van der Waals surface area contributed by atoms with Crippen LogP contribution in [-0.2, 0) is 33.7 Å². The van der Waals surface area contributed by atoms with Crippen molar-refractivity contribution in [2.24, 2.45) is 0 Å². The van der Waals surface area contributed by atoms with Gasteiger partial charge in [0.2, 0.25) is 11.7 Å². The minimum atomic E-state index is -4.69. The monoisotopic (exact) mass is 854 g/mol. The minimum Gasteiger partial charge on any atom is -0.461 e. The first-order chi connectivity index (χ1) is 29.2. The third-order valence-corrected chi connectivity index (χ3v) is 10.8. The number of carbonyl (C=O) groups excluding carboxylic acids is 4. The van der Waals surface area contributed by atoms with E-state index in [0.717, 1.165) is 40.8 Å². The second kappa shape index (κ2) is 19.9. The highest BCUT2D eigenvalue weighted by Crippen LogP contribution is 2.36. The number of anilines is 1. The van der Waals surface area contributed by atoms with Crippen molar-refractivity contribution in [1.29, 1.82) is 0 Å². The van der Waals surface area contributed by atoms with Crippen molar-refractivity contribution >= 4 is 51.9 Å². The van der Waals surface area contributed by atoms with E-state index in [9.17, 15) is 32.3 Å². The number of carbonyl (C=O) groups is 4. The van der Waals surface area contributed by atoms with Crippen LogP contribution in [0.5, 0.6) is 0 Å². The summed E-state index contributed by atoms with van der Waals surface area (Å²) >= 11 is 5.81. The fraction of sp³-hybridized carbons (Fsp3) is 0.283. The molecule has 0 fully saturated rings. The highest BCUT2D eigenvalue weighted by molar-refractivity contribution is 6.31. The van der Waals surface area contributed by atoms with E-state index < -0.39 is 34.4 Å². The summed E-state index contributed by atoms with van der Waals surface area (Å²) in [5, 5.41) is 7.10. The zero-order chi connectivity index (χ0) is 43.7. The second-order valence-electron chi connectivity index (χ2n) is 14.6. The number of ketones is 1. The van der Waals surface area contributed by atoms with Crippen LogP contribution in [0.25, 0.3) is 16.6 Å². The number of amides is 2. The number of hydrogen-bond donors (Lipinski definition) is 2. The van der Waals surface area contributed by atoms with Crippen LogP contribution in [0.4, 0.5) is 19.0 Å². The van der Waals surface area contributed by atoms with Crippen LogP contribution < -0.4 is 5.32 Å². The van der Waals surface area contributed by atoms with Gasteiger partial charge in [0.1, 0.15) is 12.4 Å². The molecule has 0 radical (unpaired) electrons. The van der Waals surface area contributed by atoms with Crippen LogP contribution in [0.1, 0.15) is 82.5 Å². The standard InChI is InChI=1S/C46H46ClF3N6O5/c1-4-34(5-2)55(23-22-54(3)40(57)20-21-41(58)61-29-30-12-7-6-8-13-30)27-31-14-11-15-32(24-31)45(60)53-44-42(36-16-9-10-17-39(36)52-44)43(59)33-26-51-56(28-33)35-18-19-38(47)37(25-35)46(48,49)50/h6-19,24-26,28,34,52H,4-5,20-23,27,29H2,1-3H3,(H,53,60). The Hall–Kier alpha value is -6.25. The van der Waals surface area contributed by atoms with Crippen LogP contribution in [0.15, 0.2) is 109 Å². The Kier molecular flexibility index (Phi) is 14.4. The maximum absolute atomic E-state index is 14.1.